The molecular formula is C14H16ClN3O. The van der Waals surface area contributed by atoms with E-state index in [4.69, 9.17) is 11.6 Å². The van der Waals surface area contributed by atoms with Gasteiger partial charge in [-0.1, -0.05) is 11.6 Å². The van der Waals surface area contributed by atoms with Crippen molar-refractivity contribution in [1.29, 1.82) is 0 Å². The molecule has 0 radical (unpaired) electrons. The first kappa shape index (κ1) is 13.8. The van der Waals surface area contributed by atoms with Gasteiger partial charge in [-0.3, -0.25) is 9.78 Å². The quantitative estimate of drug-likeness (QED) is 0.935. The Morgan fingerprint density at radius 3 is 2.95 bits per heavy atom. The van der Waals surface area contributed by atoms with E-state index in [1.54, 1.807) is 18.5 Å². The van der Waals surface area contributed by atoms with Gasteiger partial charge in [-0.2, -0.15) is 0 Å². The minimum absolute atomic E-state index is 0.0194. The van der Waals surface area contributed by atoms with E-state index in [9.17, 15) is 4.79 Å². The summed E-state index contributed by atoms with van der Waals surface area (Å²) < 4.78 is 0. The number of aromatic nitrogens is 1. The molecular weight excluding hydrogens is 262 g/mol. The summed E-state index contributed by atoms with van der Waals surface area (Å²) in [5.41, 5.74) is 0.730. The third kappa shape index (κ3) is 3.66. The van der Waals surface area contributed by atoms with Crippen molar-refractivity contribution in [3.8, 4) is 0 Å². The Bertz CT molecular complexity index is 598. The van der Waals surface area contributed by atoms with Gasteiger partial charge < -0.3 is 10.2 Å². The summed E-state index contributed by atoms with van der Waals surface area (Å²) >= 11 is 6.05. The van der Waals surface area contributed by atoms with Crippen LogP contribution in [-0.2, 0) is 4.79 Å². The summed E-state index contributed by atoms with van der Waals surface area (Å²) in [5.74, 6) is -0.0194. The lowest BCUT2D eigenvalue weighted by molar-refractivity contribution is -0.116. The number of amides is 1. The van der Waals surface area contributed by atoms with Crippen molar-refractivity contribution in [3.63, 3.8) is 0 Å². The van der Waals surface area contributed by atoms with Crippen LogP contribution in [0.25, 0.3) is 10.8 Å². The van der Waals surface area contributed by atoms with E-state index < -0.39 is 0 Å². The Balaban J connectivity index is 2.22. The molecule has 0 aliphatic carbocycles. The number of rotatable bonds is 4. The van der Waals surface area contributed by atoms with Crippen molar-refractivity contribution in [2.45, 2.75) is 6.42 Å². The number of benzene rings is 1. The number of anilines is 1. The topological polar surface area (TPSA) is 45.2 Å². The van der Waals surface area contributed by atoms with Gasteiger partial charge in [0.25, 0.3) is 0 Å². The van der Waals surface area contributed by atoms with E-state index in [0.717, 1.165) is 16.5 Å². The molecule has 2 aromatic rings. The second-order valence-corrected chi connectivity index (χ2v) is 5.09. The number of nitrogens with one attached hydrogen (secondary N) is 1. The molecule has 0 spiro atoms. The fourth-order valence-electron chi connectivity index (χ4n) is 1.81. The summed E-state index contributed by atoms with van der Waals surface area (Å²) in [7, 11) is 3.88. The number of pyridine rings is 1. The van der Waals surface area contributed by atoms with Crippen LogP contribution in [0, 0.1) is 0 Å². The largest absolute Gasteiger partial charge is 0.325 e. The zero-order valence-corrected chi connectivity index (χ0v) is 11.7. The van der Waals surface area contributed by atoms with Crippen LogP contribution in [0.3, 0.4) is 0 Å². The van der Waals surface area contributed by atoms with Gasteiger partial charge in [-0.15, -0.1) is 0 Å². The van der Waals surface area contributed by atoms with Crippen LogP contribution in [-0.4, -0.2) is 36.4 Å². The molecule has 0 unspecified atom stereocenters. The van der Waals surface area contributed by atoms with Crippen LogP contribution in [0.4, 0.5) is 5.69 Å². The van der Waals surface area contributed by atoms with E-state index in [2.05, 4.69) is 10.3 Å². The number of carbonyl (C=O) groups is 1. The Kier molecular flexibility index (Phi) is 4.35. The smallest absolute Gasteiger partial charge is 0.225 e. The molecule has 1 heterocycles. The summed E-state index contributed by atoms with van der Waals surface area (Å²) in [6.45, 7) is 0.714. The highest BCUT2D eigenvalue weighted by atomic mass is 35.5. The molecule has 19 heavy (non-hydrogen) atoms. The maximum absolute atomic E-state index is 11.9. The van der Waals surface area contributed by atoms with Gasteiger partial charge in [0, 0.05) is 41.2 Å². The number of hydrogen-bond donors (Lipinski definition) is 1. The average molecular weight is 278 g/mol. The highest BCUT2D eigenvalue weighted by Crippen LogP contribution is 2.27. The van der Waals surface area contributed by atoms with E-state index in [-0.39, 0.29) is 5.91 Å². The maximum atomic E-state index is 11.9. The van der Waals surface area contributed by atoms with Crippen molar-refractivity contribution in [1.82, 2.24) is 9.88 Å². The normalized spacial score (nSPS) is 10.9. The van der Waals surface area contributed by atoms with Gasteiger partial charge in [-0.25, -0.2) is 0 Å². The fraction of sp³-hybridized carbons (Fsp3) is 0.286. The van der Waals surface area contributed by atoms with Gasteiger partial charge >= 0.3 is 0 Å². The maximum Gasteiger partial charge on any atom is 0.225 e. The second kappa shape index (κ2) is 5.99. The van der Waals surface area contributed by atoms with E-state index in [1.807, 2.05) is 31.1 Å². The molecule has 0 atom stereocenters. The van der Waals surface area contributed by atoms with Crippen LogP contribution in [0.1, 0.15) is 6.42 Å². The van der Waals surface area contributed by atoms with Gasteiger partial charge in [0.15, 0.2) is 0 Å². The third-order valence-electron chi connectivity index (χ3n) is 2.78. The SMILES string of the molecule is CN(C)CCC(=O)Nc1cc(Cl)cc2cnccc12. The predicted molar refractivity (Wildman–Crippen MR) is 78.6 cm³/mol. The molecule has 1 amide bonds. The molecule has 1 N–H and O–H groups in total. The molecule has 5 heteroatoms. The van der Waals surface area contributed by atoms with Gasteiger partial charge in [0.05, 0.1) is 5.69 Å². The molecule has 100 valence electrons. The monoisotopic (exact) mass is 277 g/mol. The van der Waals surface area contributed by atoms with Crippen LogP contribution >= 0.6 is 11.6 Å². The molecule has 0 bridgehead atoms. The predicted octanol–water partition coefficient (Wildman–Crippen LogP) is 2.78. The number of fused-ring (bicyclic) bond motifs is 1. The minimum atomic E-state index is -0.0194. The standard InChI is InChI=1S/C14H16ClN3O/c1-18(2)6-4-14(19)17-13-8-11(15)7-10-9-16-5-3-12(10)13/h3,5,7-9H,4,6H2,1-2H3,(H,17,19). The second-order valence-electron chi connectivity index (χ2n) is 4.65. The Morgan fingerprint density at radius 2 is 2.21 bits per heavy atom. The lowest BCUT2D eigenvalue weighted by Crippen LogP contribution is -2.20. The van der Waals surface area contributed by atoms with Gasteiger partial charge in [0.2, 0.25) is 5.91 Å². The summed E-state index contributed by atoms with van der Waals surface area (Å²) in [6, 6.07) is 5.46. The van der Waals surface area contributed by atoms with Crippen molar-refractivity contribution >= 4 is 34.0 Å². The molecule has 0 fully saturated rings. The minimum Gasteiger partial charge on any atom is -0.325 e. The molecule has 0 saturated carbocycles. The van der Waals surface area contributed by atoms with E-state index in [0.29, 0.717) is 18.0 Å². The fourth-order valence-corrected chi connectivity index (χ4v) is 2.04. The lowest BCUT2D eigenvalue weighted by Gasteiger charge is -2.11. The van der Waals surface area contributed by atoms with Crippen molar-refractivity contribution in [2.75, 3.05) is 26.0 Å². The zero-order valence-electron chi connectivity index (χ0n) is 11.0. The molecule has 1 aromatic heterocycles. The average Bonchev–Trinajstić information content (AvgIpc) is 2.36. The summed E-state index contributed by atoms with van der Waals surface area (Å²) in [4.78, 5) is 17.9. The molecule has 0 aliphatic rings. The van der Waals surface area contributed by atoms with Crippen LogP contribution in [0.15, 0.2) is 30.6 Å². The Labute approximate surface area is 117 Å². The van der Waals surface area contributed by atoms with Crippen LogP contribution in [0.2, 0.25) is 5.02 Å². The summed E-state index contributed by atoms with van der Waals surface area (Å²) in [5, 5.41) is 5.35. The molecule has 1 aromatic carbocycles. The zero-order chi connectivity index (χ0) is 13.8. The van der Waals surface area contributed by atoms with E-state index in [1.165, 1.54) is 0 Å². The Hall–Kier alpha value is -1.65. The van der Waals surface area contributed by atoms with E-state index >= 15 is 0 Å². The van der Waals surface area contributed by atoms with Gasteiger partial charge in [0.1, 0.15) is 0 Å². The number of halogens is 1. The highest BCUT2D eigenvalue weighted by Gasteiger charge is 2.07. The van der Waals surface area contributed by atoms with Crippen LogP contribution < -0.4 is 5.32 Å². The Morgan fingerprint density at radius 1 is 1.42 bits per heavy atom. The van der Waals surface area contributed by atoms with Crippen LogP contribution in [0.5, 0.6) is 0 Å². The van der Waals surface area contributed by atoms with Crippen molar-refractivity contribution in [3.05, 3.63) is 35.6 Å². The first-order valence-electron chi connectivity index (χ1n) is 6.04. The molecule has 0 aliphatic heterocycles. The summed E-state index contributed by atoms with van der Waals surface area (Å²) in [6.07, 6.45) is 3.88. The molecule has 2 rings (SSSR count). The lowest BCUT2D eigenvalue weighted by atomic mass is 10.1. The number of nitrogens with zero attached hydrogens (tertiary/aromatic N) is 2. The number of carbonyl (C=O) groups excluding carboxylic acids is 1. The van der Waals surface area contributed by atoms with Crippen molar-refractivity contribution < 1.29 is 4.79 Å². The highest BCUT2D eigenvalue weighted by molar-refractivity contribution is 6.32. The first-order valence-corrected chi connectivity index (χ1v) is 6.42. The third-order valence-corrected chi connectivity index (χ3v) is 3.00. The number of hydrogen-bond acceptors (Lipinski definition) is 3. The molecule has 0 saturated heterocycles. The van der Waals surface area contributed by atoms with Crippen molar-refractivity contribution in [2.24, 2.45) is 0 Å². The molecule has 4 nitrogen and oxygen atoms in total. The van der Waals surface area contributed by atoms with Gasteiger partial charge in [-0.05, 0) is 32.3 Å². The first-order chi connectivity index (χ1) is 9.06.